The number of methoxy groups -OCH3 is 1. The molecule has 0 radical (unpaired) electrons. The number of carboxylic acid groups (broad SMARTS) is 1. The summed E-state index contributed by atoms with van der Waals surface area (Å²) in [6.45, 7) is 0. The van der Waals surface area contributed by atoms with Crippen LogP contribution < -0.4 is 4.74 Å². The quantitative estimate of drug-likeness (QED) is 0.601. The number of hydrogen-bond acceptors (Lipinski definition) is 4. The second-order valence-electron chi connectivity index (χ2n) is 5.19. The SMILES string of the molecule is COc1ccc(Cl)cc1C(C(=O)O)c1ccc(C(F)(F)F)cc1[N+](=O)[O-]. The number of ether oxygens (including phenoxy) is 1. The first-order valence-corrected chi connectivity index (χ1v) is 7.35. The van der Waals surface area contributed by atoms with Gasteiger partial charge in [0.05, 0.1) is 17.6 Å². The smallest absolute Gasteiger partial charge is 0.416 e. The molecule has 0 aliphatic rings. The van der Waals surface area contributed by atoms with E-state index < -0.39 is 39.8 Å². The molecule has 0 spiro atoms. The molecule has 1 atom stereocenters. The fourth-order valence-corrected chi connectivity index (χ4v) is 2.67. The Bertz CT molecular complexity index is 869. The number of alkyl halides is 3. The normalized spacial score (nSPS) is 12.5. The van der Waals surface area contributed by atoms with Gasteiger partial charge in [-0.3, -0.25) is 14.9 Å². The van der Waals surface area contributed by atoms with Gasteiger partial charge in [-0.05, 0) is 24.3 Å². The minimum atomic E-state index is -4.81. The maximum Gasteiger partial charge on any atom is 0.416 e. The summed E-state index contributed by atoms with van der Waals surface area (Å²) in [6, 6.07) is 5.70. The van der Waals surface area contributed by atoms with Gasteiger partial charge < -0.3 is 9.84 Å². The van der Waals surface area contributed by atoms with E-state index in [1.165, 1.54) is 25.3 Å². The zero-order chi connectivity index (χ0) is 19.6. The van der Waals surface area contributed by atoms with Crippen LogP contribution in [0.4, 0.5) is 18.9 Å². The number of rotatable bonds is 5. The molecule has 10 heteroatoms. The summed E-state index contributed by atoms with van der Waals surface area (Å²) in [5, 5.41) is 21.0. The second kappa shape index (κ2) is 7.20. The van der Waals surface area contributed by atoms with E-state index >= 15 is 0 Å². The maximum atomic E-state index is 12.8. The highest BCUT2D eigenvalue weighted by Crippen LogP contribution is 2.40. The highest BCUT2D eigenvalue weighted by Gasteiger charge is 2.37. The van der Waals surface area contributed by atoms with Crippen molar-refractivity contribution in [3.05, 3.63) is 68.2 Å². The Balaban J connectivity index is 2.75. The maximum absolute atomic E-state index is 12.8. The monoisotopic (exact) mass is 389 g/mol. The van der Waals surface area contributed by atoms with Gasteiger partial charge in [0.15, 0.2) is 0 Å². The van der Waals surface area contributed by atoms with Gasteiger partial charge in [0, 0.05) is 22.2 Å². The fourth-order valence-electron chi connectivity index (χ4n) is 2.49. The molecule has 2 rings (SSSR count). The summed E-state index contributed by atoms with van der Waals surface area (Å²) < 4.78 is 43.6. The Labute approximate surface area is 149 Å². The van der Waals surface area contributed by atoms with E-state index in [2.05, 4.69) is 0 Å². The van der Waals surface area contributed by atoms with Crippen molar-refractivity contribution in [1.82, 2.24) is 0 Å². The lowest BCUT2D eigenvalue weighted by molar-refractivity contribution is -0.385. The Morgan fingerprint density at radius 3 is 2.38 bits per heavy atom. The average molecular weight is 390 g/mol. The number of benzene rings is 2. The van der Waals surface area contributed by atoms with E-state index in [-0.39, 0.29) is 16.3 Å². The Hall–Kier alpha value is -2.81. The van der Waals surface area contributed by atoms with Crippen LogP contribution in [-0.4, -0.2) is 23.1 Å². The van der Waals surface area contributed by atoms with Gasteiger partial charge in [-0.15, -0.1) is 0 Å². The van der Waals surface area contributed by atoms with Gasteiger partial charge in [-0.2, -0.15) is 13.2 Å². The van der Waals surface area contributed by atoms with E-state index in [0.717, 1.165) is 6.07 Å². The molecule has 0 fully saturated rings. The van der Waals surface area contributed by atoms with E-state index in [4.69, 9.17) is 16.3 Å². The number of hydrogen-bond donors (Lipinski definition) is 1. The number of halogens is 4. The van der Waals surface area contributed by atoms with Crippen LogP contribution in [-0.2, 0) is 11.0 Å². The van der Waals surface area contributed by atoms with Gasteiger partial charge in [-0.1, -0.05) is 17.7 Å². The molecule has 1 N–H and O–H groups in total. The number of nitro benzene ring substituents is 1. The zero-order valence-corrected chi connectivity index (χ0v) is 13.8. The molecule has 0 aliphatic heterocycles. The van der Waals surface area contributed by atoms with Gasteiger partial charge in [0.2, 0.25) is 0 Å². The summed E-state index contributed by atoms with van der Waals surface area (Å²) in [7, 11) is 1.26. The molecule has 0 bridgehead atoms. The van der Waals surface area contributed by atoms with Crippen molar-refractivity contribution < 1.29 is 32.7 Å². The first kappa shape index (κ1) is 19.5. The Kier molecular flexibility index (Phi) is 5.41. The number of aliphatic carboxylic acids is 1. The van der Waals surface area contributed by atoms with Crippen LogP contribution in [0.5, 0.6) is 5.75 Å². The van der Waals surface area contributed by atoms with Crippen molar-refractivity contribution in [3.63, 3.8) is 0 Å². The fraction of sp³-hybridized carbons (Fsp3) is 0.188. The number of carboxylic acids is 1. The molecule has 0 amide bonds. The molecular formula is C16H11ClF3NO5. The molecule has 0 saturated carbocycles. The second-order valence-corrected chi connectivity index (χ2v) is 5.62. The third-order valence-electron chi connectivity index (χ3n) is 3.62. The lowest BCUT2D eigenvalue weighted by Crippen LogP contribution is -2.17. The Morgan fingerprint density at radius 2 is 1.88 bits per heavy atom. The predicted octanol–water partition coefficient (Wildman–Crippen LogP) is 4.49. The zero-order valence-electron chi connectivity index (χ0n) is 13.1. The summed E-state index contributed by atoms with van der Waals surface area (Å²) in [6.07, 6.45) is -4.81. The van der Waals surface area contributed by atoms with Crippen LogP contribution >= 0.6 is 11.6 Å². The molecule has 6 nitrogen and oxygen atoms in total. The van der Waals surface area contributed by atoms with E-state index in [0.29, 0.717) is 12.1 Å². The molecule has 138 valence electrons. The van der Waals surface area contributed by atoms with Crippen molar-refractivity contribution in [2.45, 2.75) is 12.1 Å². The van der Waals surface area contributed by atoms with E-state index in [1.807, 2.05) is 0 Å². The predicted molar refractivity (Wildman–Crippen MR) is 85.6 cm³/mol. The van der Waals surface area contributed by atoms with Gasteiger partial charge in [-0.25, -0.2) is 0 Å². The van der Waals surface area contributed by atoms with E-state index in [1.54, 1.807) is 0 Å². The van der Waals surface area contributed by atoms with Crippen LogP contribution in [0.1, 0.15) is 22.6 Å². The topological polar surface area (TPSA) is 89.7 Å². The molecule has 2 aromatic rings. The molecular weight excluding hydrogens is 379 g/mol. The number of nitro groups is 1. The lowest BCUT2D eigenvalue weighted by Gasteiger charge is -2.18. The molecule has 0 aromatic heterocycles. The third kappa shape index (κ3) is 3.88. The minimum Gasteiger partial charge on any atom is -0.496 e. The first-order chi connectivity index (χ1) is 12.1. The Morgan fingerprint density at radius 1 is 1.23 bits per heavy atom. The van der Waals surface area contributed by atoms with Gasteiger partial charge >= 0.3 is 12.1 Å². The molecule has 0 aliphatic carbocycles. The van der Waals surface area contributed by atoms with E-state index in [9.17, 15) is 33.2 Å². The highest BCUT2D eigenvalue weighted by molar-refractivity contribution is 6.30. The molecule has 0 heterocycles. The molecule has 26 heavy (non-hydrogen) atoms. The largest absolute Gasteiger partial charge is 0.496 e. The van der Waals surface area contributed by atoms with Crippen LogP contribution in [0.2, 0.25) is 5.02 Å². The number of nitrogens with zero attached hydrogens (tertiary/aromatic N) is 1. The van der Waals surface area contributed by atoms with Gasteiger partial charge in [0.1, 0.15) is 11.7 Å². The van der Waals surface area contributed by atoms with Crippen molar-refractivity contribution in [2.24, 2.45) is 0 Å². The first-order valence-electron chi connectivity index (χ1n) is 6.98. The van der Waals surface area contributed by atoms with Crippen molar-refractivity contribution in [2.75, 3.05) is 7.11 Å². The average Bonchev–Trinajstić information content (AvgIpc) is 2.54. The summed E-state index contributed by atoms with van der Waals surface area (Å²) in [5.74, 6) is -3.07. The van der Waals surface area contributed by atoms with Crippen molar-refractivity contribution >= 4 is 23.3 Å². The number of carbonyl (C=O) groups is 1. The highest BCUT2D eigenvalue weighted by atomic mass is 35.5. The summed E-state index contributed by atoms with van der Waals surface area (Å²) in [5.41, 5.74) is -2.66. The van der Waals surface area contributed by atoms with Crippen LogP contribution in [0.3, 0.4) is 0 Å². The molecule has 2 aromatic carbocycles. The van der Waals surface area contributed by atoms with Crippen molar-refractivity contribution in [1.29, 1.82) is 0 Å². The third-order valence-corrected chi connectivity index (χ3v) is 3.85. The summed E-state index contributed by atoms with van der Waals surface area (Å²) >= 11 is 5.87. The minimum absolute atomic E-state index is 0.0182. The lowest BCUT2D eigenvalue weighted by atomic mass is 9.88. The standard InChI is InChI=1S/C16H11ClF3NO5/c1-26-13-5-3-9(17)7-11(13)14(15(22)23)10-4-2-8(16(18,19)20)6-12(10)21(24)25/h2-7,14H,1H3,(H,22,23). The summed E-state index contributed by atoms with van der Waals surface area (Å²) in [4.78, 5) is 22.0. The van der Waals surface area contributed by atoms with Crippen LogP contribution in [0.15, 0.2) is 36.4 Å². The van der Waals surface area contributed by atoms with Crippen LogP contribution in [0, 0.1) is 10.1 Å². The van der Waals surface area contributed by atoms with Crippen molar-refractivity contribution in [3.8, 4) is 5.75 Å². The molecule has 1 unspecified atom stereocenters. The van der Waals surface area contributed by atoms with Gasteiger partial charge in [0.25, 0.3) is 5.69 Å². The van der Waals surface area contributed by atoms with Crippen LogP contribution in [0.25, 0.3) is 0 Å². The molecule has 0 saturated heterocycles.